The van der Waals surface area contributed by atoms with Crippen molar-refractivity contribution in [2.75, 3.05) is 13.1 Å². The predicted octanol–water partition coefficient (Wildman–Crippen LogP) is 2.43. The molecule has 1 saturated heterocycles. The summed E-state index contributed by atoms with van der Waals surface area (Å²) in [4.78, 5) is 2.59. The van der Waals surface area contributed by atoms with E-state index < -0.39 is 0 Å². The van der Waals surface area contributed by atoms with Crippen LogP contribution in [0.1, 0.15) is 38.5 Å². The normalized spacial score (nSPS) is 20.7. The van der Waals surface area contributed by atoms with Gasteiger partial charge in [0.15, 0.2) is 0 Å². The van der Waals surface area contributed by atoms with Gasteiger partial charge in [-0.25, -0.2) is 0 Å². The number of nitriles is 1. The Morgan fingerprint density at radius 2 is 2.28 bits per heavy atom. The lowest BCUT2D eigenvalue weighted by Gasteiger charge is -2.35. The molecular weight excluding hydrogens is 224 g/mol. The van der Waals surface area contributed by atoms with Crippen LogP contribution in [-0.2, 0) is 6.54 Å². The van der Waals surface area contributed by atoms with E-state index in [1.807, 2.05) is 23.1 Å². The Morgan fingerprint density at radius 1 is 1.33 bits per heavy atom. The van der Waals surface area contributed by atoms with E-state index in [1.165, 1.54) is 25.8 Å². The van der Waals surface area contributed by atoms with Crippen molar-refractivity contribution in [1.82, 2.24) is 14.7 Å². The average molecular weight is 246 g/mol. The van der Waals surface area contributed by atoms with Gasteiger partial charge in [-0.05, 0) is 44.8 Å². The van der Waals surface area contributed by atoms with Crippen LogP contribution >= 0.6 is 0 Å². The smallest absolute Gasteiger partial charge is 0.0621 e. The first-order valence-corrected chi connectivity index (χ1v) is 6.98. The van der Waals surface area contributed by atoms with Crippen LogP contribution in [0.2, 0.25) is 0 Å². The standard InChI is InChI=1S/C14H22N4/c15-8-3-1-4-10-17-11-5-2-7-14(17)13-18-12-6-9-16-18/h6,9,12,14H,1-5,7,10-11,13H2. The molecule has 1 aromatic rings. The summed E-state index contributed by atoms with van der Waals surface area (Å²) in [6, 6.07) is 4.83. The van der Waals surface area contributed by atoms with E-state index in [9.17, 15) is 0 Å². The Hall–Kier alpha value is -1.34. The van der Waals surface area contributed by atoms with Crippen molar-refractivity contribution in [2.45, 2.75) is 51.1 Å². The molecule has 0 N–H and O–H groups in total. The summed E-state index contributed by atoms with van der Waals surface area (Å²) in [6.45, 7) is 3.34. The maximum absolute atomic E-state index is 8.55. The second-order valence-electron chi connectivity index (χ2n) is 5.03. The van der Waals surface area contributed by atoms with Crippen molar-refractivity contribution >= 4 is 0 Å². The summed E-state index contributed by atoms with van der Waals surface area (Å²) in [6.07, 6.45) is 10.7. The number of aromatic nitrogens is 2. The zero-order chi connectivity index (χ0) is 12.6. The zero-order valence-corrected chi connectivity index (χ0v) is 11.0. The highest BCUT2D eigenvalue weighted by Crippen LogP contribution is 2.19. The fraction of sp³-hybridized carbons (Fsp3) is 0.714. The van der Waals surface area contributed by atoms with Gasteiger partial charge in [0.05, 0.1) is 12.6 Å². The summed E-state index contributed by atoms with van der Waals surface area (Å²) < 4.78 is 2.04. The number of piperidine rings is 1. The van der Waals surface area contributed by atoms with Gasteiger partial charge in [0, 0.05) is 24.9 Å². The lowest BCUT2D eigenvalue weighted by atomic mass is 10.0. The Kier molecular flexibility index (Phi) is 5.22. The quantitative estimate of drug-likeness (QED) is 0.724. The van der Waals surface area contributed by atoms with Crippen LogP contribution in [0.3, 0.4) is 0 Å². The third kappa shape index (κ3) is 3.85. The molecular formula is C14H22N4. The van der Waals surface area contributed by atoms with E-state index in [0.29, 0.717) is 12.5 Å². The van der Waals surface area contributed by atoms with Crippen molar-refractivity contribution in [3.8, 4) is 6.07 Å². The third-order valence-corrected chi connectivity index (χ3v) is 3.69. The van der Waals surface area contributed by atoms with E-state index in [1.54, 1.807) is 0 Å². The Morgan fingerprint density at radius 3 is 3.06 bits per heavy atom. The first-order valence-electron chi connectivity index (χ1n) is 6.98. The minimum atomic E-state index is 0.626. The molecule has 1 aliphatic heterocycles. The monoisotopic (exact) mass is 246 g/mol. The Bertz CT molecular complexity index is 366. The van der Waals surface area contributed by atoms with Crippen molar-refractivity contribution in [2.24, 2.45) is 0 Å². The molecule has 4 nitrogen and oxygen atoms in total. The van der Waals surface area contributed by atoms with Gasteiger partial charge >= 0.3 is 0 Å². The molecule has 1 fully saturated rings. The summed E-state index contributed by atoms with van der Waals surface area (Å²) in [5.41, 5.74) is 0. The second-order valence-corrected chi connectivity index (χ2v) is 5.03. The molecule has 0 radical (unpaired) electrons. The fourth-order valence-corrected chi connectivity index (χ4v) is 2.70. The molecule has 18 heavy (non-hydrogen) atoms. The third-order valence-electron chi connectivity index (χ3n) is 3.69. The van der Waals surface area contributed by atoms with Crippen LogP contribution in [0.5, 0.6) is 0 Å². The fourth-order valence-electron chi connectivity index (χ4n) is 2.70. The molecule has 1 aliphatic rings. The van der Waals surface area contributed by atoms with Gasteiger partial charge in [-0.3, -0.25) is 9.58 Å². The molecule has 1 unspecified atom stereocenters. The van der Waals surface area contributed by atoms with Gasteiger partial charge in [0.2, 0.25) is 0 Å². The van der Waals surface area contributed by atoms with Crippen LogP contribution in [0.15, 0.2) is 18.5 Å². The van der Waals surface area contributed by atoms with Crippen LogP contribution in [0.4, 0.5) is 0 Å². The van der Waals surface area contributed by atoms with Crippen LogP contribution in [0.25, 0.3) is 0 Å². The summed E-state index contributed by atoms with van der Waals surface area (Å²) >= 11 is 0. The summed E-state index contributed by atoms with van der Waals surface area (Å²) in [5.74, 6) is 0. The average Bonchev–Trinajstić information content (AvgIpc) is 2.89. The Balaban J connectivity index is 1.80. The van der Waals surface area contributed by atoms with Gasteiger partial charge in [-0.2, -0.15) is 10.4 Å². The molecule has 0 aromatic carbocycles. The number of hydrogen-bond donors (Lipinski definition) is 0. The van der Waals surface area contributed by atoms with Gasteiger partial charge in [0.1, 0.15) is 0 Å². The van der Waals surface area contributed by atoms with Gasteiger partial charge in [0.25, 0.3) is 0 Å². The highest BCUT2D eigenvalue weighted by Gasteiger charge is 2.22. The van der Waals surface area contributed by atoms with Crippen LogP contribution in [-0.4, -0.2) is 33.8 Å². The maximum Gasteiger partial charge on any atom is 0.0621 e. The molecule has 2 rings (SSSR count). The molecule has 98 valence electrons. The minimum Gasteiger partial charge on any atom is -0.299 e. The molecule has 0 amide bonds. The molecule has 0 bridgehead atoms. The largest absolute Gasteiger partial charge is 0.299 e. The molecule has 0 saturated carbocycles. The van der Waals surface area contributed by atoms with Crippen molar-refractivity contribution in [3.63, 3.8) is 0 Å². The van der Waals surface area contributed by atoms with Crippen LogP contribution < -0.4 is 0 Å². The van der Waals surface area contributed by atoms with Crippen molar-refractivity contribution < 1.29 is 0 Å². The van der Waals surface area contributed by atoms with Crippen molar-refractivity contribution in [3.05, 3.63) is 18.5 Å². The lowest BCUT2D eigenvalue weighted by molar-refractivity contribution is 0.127. The Labute approximate surface area is 109 Å². The molecule has 4 heteroatoms. The number of nitrogens with zero attached hydrogens (tertiary/aromatic N) is 4. The number of unbranched alkanes of at least 4 members (excludes halogenated alkanes) is 2. The molecule has 0 aliphatic carbocycles. The topological polar surface area (TPSA) is 44.9 Å². The summed E-state index contributed by atoms with van der Waals surface area (Å²) in [7, 11) is 0. The zero-order valence-electron chi connectivity index (χ0n) is 11.0. The van der Waals surface area contributed by atoms with E-state index >= 15 is 0 Å². The number of rotatable bonds is 6. The number of hydrogen-bond acceptors (Lipinski definition) is 3. The molecule has 2 heterocycles. The molecule has 0 spiro atoms. The molecule has 1 aromatic heterocycles. The van der Waals surface area contributed by atoms with Crippen molar-refractivity contribution in [1.29, 1.82) is 5.26 Å². The first kappa shape index (κ1) is 13.1. The van der Waals surface area contributed by atoms with E-state index in [-0.39, 0.29) is 0 Å². The van der Waals surface area contributed by atoms with E-state index in [2.05, 4.69) is 16.1 Å². The second kappa shape index (κ2) is 7.17. The SMILES string of the molecule is N#CCCCCN1CCCCC1Cn1cccn1. The highest BCUT2D eigenvalue weighted by molar-refractivity contribution is 4.82. The van der Waals surface area contributed by atoms with E-state index in [0.717, 1.165) is 25.9 Å². The maximum atomic E-state index is 8.55. The van der Waals surface area contributed by atoms with Gasteiger partial charge in [-0.15, -0.1) is 0 Å². The van der Waals surface area contributed by atoms with Crippen LogP contribution in [0, 0.1) is 11.3 Å². The number of likely N-dealkylation sites (tertiary alicyclic amines) is 1. The minimum absolute atomic E-state index is 0.626. The van der Waals surface area contributed by atoms with Gasteiger partial charge < -0.3 is 0 Å². The lowest BCUT2D eigenvalue weighted by Crippen LogP contribution is -2.42. The first-order chi connectivity index (χ1) is 8.90. The highest BCUT2D eigenvalue weighted by atomic mass is 15.3. The van der Waals surface area contributed by atoms with Gasteiger partial charge in [-0.1, -0.05) is 6.42 Å². The molecule has 1 atom stereocenters. The van der Waals surface area contributed by atoms with E-state index in [4.69, 9.17) is 5.26 Å². The predicted molar refractivity (Wildman–Crippen MR) is 70.9 cm³/mol. The summed E-state index contributed by atoms with van der Waals surface area (Å²) in [5, 5.41) is 12.9.